The van der Waals surface area contributed by atoms with Crippen LogP contribution in [0.15, 0.2) is 28.8 Å². The quantitative estimate of drug-likeness (QED) is 0.829. The zero-order chi connectivity index (χ0) is 16.5. The summed E-state index contributed by atoms with van der Waals surface area (Å²) >= 11 is 6.34. The van der Waals surface area contributed by atoms with Crippen LogP contribution in [-0.2, 0) is 6.54 Å². The number of rotatable bonds is 5. The summed E-state index contributed by atoms with van der Waals surface area (Å²) in [7, 11) is 0. The fourth-order valence-electron chi connectivity index (χ4n) is 3.35. The Labute approximate surface area is 147 Å². The van der Waals surface area contributed by atoms with Gasteiger partial charge in [-0.3, -0.25) is 9.80 Å². The van der Waals surface area contributed by atoms with Crippen LogP contribution in [0.5, 0.6) is 0 Å². The van der Waals surface area contributed by atoms with Gasteiger partial charge in [0.2, 0.25) is 5.89 Å². The van der Waals surface area contributed by atoms with Gasteiger partial charge in [0, 0.05) is 43.2 Å². The van der Waals surface area contributed by atoms with Gasteiger partial charge in [-0.05, 0) is 31.4 Å². The Morgan fingerprint density at radius 3 is 2.67 bits per heavy atom. The molecule has 5 nitrogen and oxygen atoms in total. The van der Waals surface area contributed by atoms with E-state index in [0.717, 1.165) is 49.5 Å². The minimum Gasteiger partial charge on any atom is -0.338 e. The second kappa shape index (κ2) is 6.82. The summed E-state index contributed by atoms with van der Waals surface area (Å²) in [6.45, 7) is 7.06. The summed E-state index contributed by atoms with van der Waals surface area (Å²) in [4.78, 5) is 9.41. The second-order valence-electron chi connectivity index (χ2n) is 6.83. The van der Waals surface area contributed by atoms with Crippen LogP contribution in [0.25, 0.3) is 0 Å². The van der Waals surface area contributed by atoms with E-state index in [1.807, 2.05) is 12.1 Å². The SMILES string of the molecule is C[C@H](c1ccccc1Cl)N1CCN(Cc2nc(C3CC3)no2)CC1. The van der Waals surface area contributed by atoms with Gasteiger partial charge in [0.15, 0.2) is 5.82 Å². The molecule has 1 saturated heterocycles. The van der Waals surface area contributed by atoms with Crippen LogP contribution in [-0.4, -0.2) is 46.1 Å². The molecule has 1 aliphatic carbocycles. The molecule has 2 aliphatic rings. The maximum Gasteiger partial charge on any atom is 0.240 e. The summed E-state index contributed by atoms with van der Waals surface area (Å²) in [5, 5.41) is 4.95. The molecule has 0 spiro atoms. The van der Waals surface area contributed by atoms with Crippen molar-refractivity contribution in [1.82, 2.24) is 19.9 Å². The van der Waals surface area contributed by atoms with Crippen LogP contribution in [0.2, 0.25) is 5.02 Å². The second-order valence-corrected chi connectivity index (χ2v) is 7.24. The molecule has 1 aromatic carbocycles. The molecule has 2 heterocycles. The first-order chi connectivity index (χ1) is 11.7. The predicted molar refractivity (Wildman–Crippen MR) is 93.0 cm³/mol. The Kier molecular flexibility index (Phi) is 4.57. The third kappa shape index (κ3) is 3.48. The van der Waals surface area contributed by atoms with Gasteiger partial charge < -0.3 is 4.52 Å². The van der Waals surface area contributed by atoms with Crippen molar-refractivity contribution in [3.05, 3.63) is 46.6 Å². The van der Waals surface area contributed by atoms with Crippen LogP contribution >= 0.6 is 11.6 Å². The average Bonchev–Trinajstić information content (AvgIpc) is 3.35. The average molecular weight is 347 g/mol. The van der Waals surface area contributed by atoms with E-state index in [4.69, 9.17) is 16.1 Å². The van der Waals surface area contributed by atoms with Crippen molar-refractivity contribution in [1.29, 1.82) is 0 Å². The van der Waals surface area contributed by atoms with Crippen LogP contribution in [0.4, 0.5) is 0 Å². The summed E-state index contributed by atoms with van der Waals surface area (Å²) in [5.74, 6) is 2.20. The monoisotopic (exact) mass is 346 g/mol. The third-order valence-electron chi connectivity index (χ3n) is 5.10. The van der Waals surface area contributed by atoms with Gasteiger partial charge in [-0.2, -0.15) is 4.98 Å². The Morgan fingerprint density at radius 2 is 1.96 bits per heavy atom. The van der Waals surface area contributed by atoms with E-state index in [0.29, 0.717) is 12.0 Å². The van der Waals surface area contributed by atoms with Crippen molar-refractivity contribution < 1.29 is 4.52 Å². The van der Waals surface area contributed by atoms with Crippen molar-refractivity contribution in [2.45, 2.75) is 38.3 Å². The fourth-order valence-corrected chi connectivity index (χ4v) is 3.64. The molecule has 128 valence electrons. The van der Waals surface area contributed by atoms with Crippen molar-refractivity contribution in [3.8, 4) is 0 Å². The van der Waals surface area contributed by atoms with E-state index < -0.39 is 0 Å². The Hall–Kier alpha value is -1.43. The maximum absolute atomic E-state index is 6.34. The standard InChI is InChI=1S/C18H23ClN4O/c1-13(15-4-2-3-5-16(15)19)23-10-8-22(9-11-23)12-17-20-18(21-24-17)14-6-7-14/h2-5,13-14H,6-12H2,1H3/t13-/m1/s1. The highest BCUT2D eigenvalue weighted by molar-refractivity contribution is 6.31. The highest BCUT2D eigenvalue weighted by Crippen LogP contribution is 2.38. The topological polar surface area (TPSA) is 45.4 Å². The number of benzene rings is 1. The molecule has 0 unspecified atom stereocenters. The molecule has 0 radical (unpaired) electrons. The molecule has 2 aromatic rings. The van der Waals surface area contributed by atoms with Gasteiger partial charge in [-0.15, -0.1) is 0 Å². The first-order valence-corrected chi connectivity index (χ1v) is 9.12. The molecule has 1 aliphatic heterocycles. The molecule has 2 fully saturated rings. The lowest BCUT2D eigenvalue weighted by molar-refractivity contribution is 0.0905. The smallest absolute Gasteiger partial charge is 0.240 e. The van der Waals surface area contributed by atoms with E-state index in [9.17, 15) is 0 Å². The van der Waals surface area contributed by atoms with Crippen LogP contribution in [0, 0.1) is 0 Å². The first-order valence-electron chi connectivity index (χ1n) is 8.74. The van der Waals surface area contributed by atoms with Crippen molar-refractivity contribution >= 4 is 11.6 Å². The summed E-state index contributed by atoms with van der Waals surface area (Å²) in [6.07, 6.45) is 2.41. The highest BCUT2D eigenvalue weighted by Gasteiger charge is 2.29. The van der Waals surface area contributed by atoms with Gasteiger partial charge in [-0.1, -0.05) is 35.0 Å². The highest BCUT2D eigenvalue weighted by atomic mass is 35.5. The number of halogens is 1. The van der Waals surface area contributed by atoms with Gasteiger partial charge in [0.1, 0.15) is 0 Å². The minimum absolute atomic E-state index is 0.339. The Balaban J connectivity index is 1.32. The van der Waals surface area contributed by atoms with E-state index in [-0.39, 0.29) is 0 Å². The van der Waals surface area contributed by atoms with Crippen LogP contribution in [0.3, 0.4) is 0 Å². The Bertz CT molecular complexity index is 692. The predicted octanol–water partition coefficient (Wildman–Crippen LogP) is 3.48. The molecule has 24 heavy (non-hydrogen) atoms. The van der Waals surface area contributed by atoms with E-state index in [1.54, 1.807) is 0 Å². The molecule has 0 amide bonds. The lowest BCUT2D eigenvalue weighted by Crippen LogP contribution is -2.46. The molecule has 6 heteroatoms. The number of piperazine rings is 1. The first kappa shape index (κ1) is 16.1. The third-order valence-corrected chi connectivity index (χ3v) is 5.44. The zero-order valence-corrected chi connectivity index (χ0v) is 14.7. The molecular formula is C18H23ClN4O. The van der Waals surface area contributed by atoms with E-state index in [1.165, 1.54) is 18.4 Å². The lowest BCUT2D eigenvalue weighted by atomic mass is 10.1. The van der Waals surface area contributed by atoms with Crippen molar-refractivity contribution in [2.24, 2.45) is 0 Å². The summed E-state index contributed by atoms with van der Waals surface area (Å²) in [6, 6.07) is 8.47. The van der Waals surface area contributed by atoms with Gasteiger partial charge in [-0.25, -0.2) is 0 Å². The molecule has 4 rings (SSSR count). The minimum atomic E-state index is 0.339. The summed E-state index contributed by atoms with van der Waals surface area (Å²) in [5.41, 5.74) is 1.21. The Morgan fingerprint density at radius 1 is 1.21 bits per heavy atom. The summed E-state index contributed by atoms with van der Waals surface area (Å²) < 4.78 is 5.39. The molecule has 1 saturated carbocycles. The number of hydrogen-bond donors (Lipinski definition) is 0. The molecular weight excluding hydrogens is 324 g/mol. The maximum atomic E-state index is 6.34. The van der Waals surface area contributed by atoms with Crippen molar-refractivity contribution in [3.63, 3.8) is 0 Å². The van der Waals surface area contributed by atoms with Crippen molar-refractivity contribution in [2.75, 3.05) is 26.2 Å². The zero-order valence-electron chi connectivity index (χ0n) is 14.0. The normalized spacial score (nSPS) is 21.1. The fraction of sp³-hybridized carbons (Fsp3) is 0.556. The molecule has 0 bridgehead atoms. The largest absolute Gasteiger partial charge is 0.338 e. The lowest BCUT2D eigenvalue weighted by Gasteiger charge is -2.37. The van der Waals surface area contributed by atoms with Crippen LogP contribution < -0.4 is 0 Å². The van der Waals surface area contributed by atoms with E-state index in [2.05, 4.69) is 39.0 Å². The van der Waals surface area contributed by atoms with Crippen LogP contribution in [0.1, 0.15) is 49.0 Å². The molecule has 0 N–H and O–H groups in total. The van der Waals surface area contributed by atoms with Gasteiger partial charge >= 0.3 is 0 Å². The number of hydrogen-bond acceptors (Lipinski definition) is 5. The van der Waals surface area contributed by atoms with E-state index >= 15 is 0 Å². The molecule has 1 atom stereocenters. The van der Waals surface area contributed by atoms with Gasteiger partial charge in [0.05, 0.1) is 6.54 Å². The van der Waals surface area contributed by atoms with Gasteiger partial charge in [0.25, 0.3) is 0 Å². The number of aromatic nitrogens is 2. The molecule has 1 aromatic heterocycles. The number of nitrogens with zero attached hydrogens (tertiary/aromatic N) is 4.